The summed E-state index contributed by atoms with van der Waals surface area (Å²) in [6.07, 6.45) is 2.24. The van der Waals surface area contributed by atoms with Gasteiger partial charge in [-0.05, 0) is 114 Å². The zero-order valence-electron chi connectivity index (χ0n) is 31.7. The average Bonchev–Trinajstić information content (AvgIpc) is 3.69. The maximum Gasteiger partial charge on any atom is 0.249 e. The van der Waals surface area contributed by atoms with Gasteiger partial charge in [0.15, 0.2) is 0 Å². The molecule has 0 atom stereocenters. The van der Waals surface area contributed by atoms with Crippen LogP contribution in [0.4, 0.5) is 0 Å². The molecule has 0 aliphatic carbocycles. The average molecular weight is 749 g/mol. The van der Waals surface area contributed by atoms with Gasteiger partial charge in [-0.25, -0.2) is 0 Å². The zero-order chi connectivity index (χ0) is 39.4. The van der Waals surface area contributed by atoms with Crippen molar-refractivity contribution >= 4 is 16.8 Å². The topological polar surface area (TPSA) is 80.0 Å². The number of amides is 1. The van der Waals surface area contributed by atoms with Gasteiger partial charge in [-0.1, -0.05) is 152 Å². The van der Waals surface area contributed by atoms with Crippen LogP contribution in [0, 0.1) is 0 Å². The summed E-state index contributed by atoms with van der Waals surface area (Å²) in [7, 11) is 1.67. The Morgan fingerprint density at radius 1 is 0.500 bits per heavy atom. The molecule has 0 saturated heterocycles. The van der Waals surface area contributed by atoms with Crippen LogP contribution in [0.1, 0.15) is 10.4 Å². The highest BCUT2D eigenvalue weighted by Crippen LogP contribution is 2.39. The van der Waals surface area contributed by atoms with Crippen molar-refractivity contribution in [1.29, 1.82) is 0 Å². The fourth-order valence-corrected chi connectivity index (χ4v) is 7.58. The van der Waals surface area contributed by atoms with Crippen LogP contribution in [-0.4, -0.2) is 17.6 Å². The molecule has 276 valence electrons. The van der Waals surface area contributed by atoms with E-state index >= 15 is 0 Å². The third kappa shape index (κ3) is 7.15. The lowest BCUT2D eigenvalue weighted by molar-refractivity contribution is 0.100. The lowest BCUT2D eigenvalue weighted by atomic mass is 9.96. The first-order valence-corrected chi connectivity index (χ1v) is 19.0. The number of carbonyl (C=O) groups excluding carboxylic acids is 1. The summed E-state index contributed by atoms with van der Waals surface area (Å²) in [5.41, 5.74) is 24.4. The van der Waals surface area contributed by atoms with Gasteiger partial charge in [0.05, 0.1) is 12.6 Å². The largest absolute Gasteiger partial charge is 0.497 e. The van der Waals surface area contributed by atoms with E-state index in [2.05, 4.69) is 166 Å². The van der Waals surface area contributed by atoms with Crippen LogP contribution in [0.2, 0.25) is 0 Å². The fourth-order valence-electron chi connectivity index (χ4n) is 7.58. The van der Waals surface area contributed by atoms with Crippen molar-refractivity contribution < 1.29 is 9.53 Å². The standard InChI is InChI=1S/C52H36N4O2/c1-58-48-27-24-41(25-28-48)46-30-45(40-18-22-43(23-19-40)52(57)54-55-53)31-47(32-46)56-34-50(42-20-16-38(17-21-42)36-10-6-3-7-11-36)49-33-44(26-29-51(49)56)39-14-12-37(13-15-39)35-8-4-2-5-9-35/h2-34H,1H3. The molecule has 0 saturated carbocycles. The van der Waals surface area contributed by atoms with Gasteiger partial charge >= 0.3 is 0 Å². The number of nitrogens with zero attached hydrogens (tertiary/aromatic N) is 4. The molecule has 0 N–H and O–H groups in total. The van der Waals surface area contributed by atoms with Gasteiger partial charge in [0.2, 0.25) is 5.91 Å². The maximum absolute atomic E-state index is 12.3. The highest BCUT2D eigenvalue weighted by molar-refractivity contribution is 6.00. The number of hydrogen-bond donors (Lipinski definition) is 0. The molecule has 0 aliphatic heterocycles. The number of ether oxygens (including phenoxy) is 1. The van der Waals surface area contributed by atoms with Gasteiger partial charge < -0.3 is 9.30 Å². The van der Waals surface area contributed by atoms with Gasteiger partial charge in [-0.2, -0.15) is 0 Å². The molecule has 0 radical (unpaired) electrons. The Kier molecular flexibility index (Phi) is 9.66. The molecule has 0 unspecified atom stereocenters. The molecule has 0 spiro atoms. The lowest BCUT2D eigenvalue weighted by Gasteiger charge is -2.14. The smallest absolute Gasteiger partial charge is 0.249 e. The van der Waals surface area contributed by atoms with Crippen LogP contribution in [0.25, 0.3) is 93.8 Å². The Morgan fingerprint density at radius 2 is 0.948 bits per heavy atom. The number of rotatable bonds is 9. The quantitative estimate of drug-likeness (QED) is 0.0837. The van der Waals surface area contributed by atoms with Crippen molar-refractivity contribution in [3.05, 3.63) is 216 Å². The van der Waals surface area contributed by atoms with Crippen LogP contribution in [0.5, 0.6) is 5.75 Å². The summed E-state index contributed by atoms with van der Waals surface area (Å²) >= 11 is 0. The van der Waals surface area contributed by atoms with E-state index in [0.717, 1.165) is 72.4 Å². The summed E-state index contributed by atoms with van der Waals surface area (Å²) in [4.78, 5) is 15.0. The van der Waals surface area contributed by atoms with Gasteiger partial charge in [-0.3, -0.25) is 4.79 Å². The van der Waals surface area contributed by atoms with Crippen molar-refractivity contribution in [1.82, 2.24) is 4.57 Å². The third-order valence-corrected chi connectivity index (χ3v) is 10.7. The molecule has 0 aliphatic rings. The molecule has 1 amide bonds. The zero-order valence-corrected chi connectivity index (χ0v) is 31.7. The highest BCUT2D eigenvalue weighted by Gasteiger charge is 2.16. The molecule has 6 nitrogen and oxygen atoms in total. The minimum absolute atomic E-state index is 0.331. The second-order valence-electron chi connectivity index (χ2n) is 14.1. The van der Waals surface area contributed by atoms with E-state index in [0.29, 0.717) is 5.56 Å². The molecule has 6 heteroatoms. The summed E-state index contributed by atoms with van der Waals surface area (Å²) in [6.45, 7) is 0. The van der Waals surface area contributed by atoms with Crippen molar-refractivity contribution in [2.24, 2.45) is 5.11 Å². The monoisotopic (exact) mass is 748 g/mol. The molecule has 0 bridgehead atoms. The lowest BCUT2D eigenvalue weighted by Crippen LogP contribution is -1.96. The minimum atomic E-state index is -0.614. The minimum Gasteiger partial charge on any atom is -0.497 e. The van der Waals surface area contributed by atoms with Gasteiger partial charge in [0.25, 0.3) is 0 Å². The molecule has 9 rings (SSSR count). The Balaban J connectivity index is 1.20. The van der Waals surface area contributed by atoms with Gasteiger partial charge in [0.1, 0.15) is 5.75 Å². The van der Waals surface area contributed by atoms with Crippen molar-refractivity contribution in [3.63, 3.8) is 0 Å². The van der Waals surface area contributed by atoms with Crippen molar-refractivity contribution in [2.75, 3.05) is 7.11 Å². The van der Waals surface area contributed by atoms with Gasteiger partial charge in [-0.15, -0.1) is 0 Å². The van der Waals surface area contributed by atoms with E-state index in [1.54, 1.807) is 19.2 Å². The molecule has 0 fully saturated rings. The molecular formula is C52H36N4O2. The first-order valence-electron chi connectivity index (χ1n) is 19.0. The molecule has 8 aromatic carbocycles. The van der Waals surface area contributed by atoms with Crippen LogP contribution in [0.3, 0.4) is 0 Å². The molecule has 1 aromatic heterocycles. The first-order chi connectivity index (χ1) is 28.5. The number of methoxy groups -OCH3 is 1. The van der Waals surface area contributed by atoms with E-state index in [1.807, 2.05) is 36.4 Å². The van der Waals surface area contributed by atoms with E-state index in [1.165, 1.54) is 16.7 Å². The predicted octanol–water partition coefficient (Wildman–Crippen LogP) is 14.1. The number of hydrogen-bond acceptors (Lipinski definition) is 2. The van der Waals surface area contributed by atoms with Gasteiger partial charge in [0, 0.05) is 33.3 Å². The van der Waals surface area contributed by atoms with E-state index in [9.17, 15) is 4.79 Å². The number of aromatic nitrogens is 1. The summed E-state index contributed by atoms with van der Waals surface area (Å²) in [5, 5.41) is 4.40. The van der Waals surface area contributed by atoms with E-state index in [-0.39, 0.29) is 0 Å². The number of benzene rings is 8. The maximum atomic E-state index is 12.3. The second-order valence-corrected chi connectivity index (χ2v) is 14.1. The summed E-state index contributed by atoms with van der Waals surface area (Å²) in [6, 6.07) is 67.0. The SMILES string of the molecule is COc1ccc(-c2cc(-c3ccc(C(=O)N=[N+]=[N-])cc3)cc(-n3cc(-c4ccc(-c5ccccc5)cc4)c4cc(-c5ccc(-c6ccccc6)cc5)ccc43)c2)cc1. The summed E-state index contributed by atoms with van der Waals surface area (Å²) < 4.78 is 7.74. The normalized spacial score (nSPS) is 10.9. The number of azide groups is 1. The van der Waals surface area contributed by atoms with E-state index in [4.69, 9.17) is 10.3 Å². The third-order valence-electron chi connectivity index (χ3n) is 10.7. The van der Waals surface area contributed by atoms with Crippen LogP contribution >= 0.6 is 0 Å². The Hall–Kier alpha value is -7.92. The Morgan fingerprint density at radius 3 is 1.48 bits per heavy atom. The Labute approximate surface area is 336 Å². The van der Waals surface area contributed by atoms with Crippen LogP contribution in [-0.2, 0) is 0 Å². The molecular weight excluding hydrogens is 713 g/mol. The van der Waals surface area contributed by atoms with Crippen molar-refractivity contribution in [2.45, 2.75) is 0 Å². The fraction of sp³-hybridized carbons (Fsp3) is 0.0192. The second kappa shape index (κ2) is 15.7. The Bertz CT molecular complexity index is 2950. The molecule has 1 heterocycles. The first kappa shape index (κ1) is 35.8. The predicted molar refractivity (Wildman–Crippen MR) is 236 cm³/mol. The van der Waals surface area contributed by atoms with E-state index < -0.39 is 5.91 Å². The number of carbonyl (C=O) groups is 1. The summed E-state index contributed by atoms with van der Waals surface area (Å²) in [5.74, 6) is 0.168. The van der Waals surface area contributed by atoms with Crippen LogP contribution in [0.15, 0.2) is 205 Å². The van der Waals surface area contributed by atoms with Crippen LogP contribution < -0.4 is 4.74 Å². The number of fused-ring (bicyclic) bond motifs is 1. The van der Waals surface area contributed by atoms with Crippen molar-refractivity contribution in [3.8, 4) is 78.2 Å². The molecule has 58 heavy (non-hydrogen) atoms. The molecule has 9 aromatic rings. The highest BCUT2D eigenvalue weighted by atomic mass is 16.5.